The summed E-state index contributed by atoms with van der Waals surface area (Å²) in [6.45, 7) is 0.495. The van der Waals surface area contributed by atoms with E-state index < -0.39 is 0 Å². The molecule has 5 nitrogen and oxygen atoms in total. The molecule has 0 unspecified atom stereocenters. The second-order valence-electron chi connectivity index (χ2n) is 7.75. The minimum absolute atomic E-state index is 0.0624. The summed E-state index contributed by atoms with van der Waals surface area (Å²) in [7, 11) is 0. The van der Waals surface area contributed by atoms with Gasteiger partial charge in [0.05, 0.1) is 16.7 Å². The summed E-state index contributed by atoms with van der Waals surface area (Å²) in [6, 6.07) is 17.3. The van der Waals surface area contributed by atoms with E-state index >= 15 is 0 Å². The Kier molecular flexibility index (Phi) is 4.38. The number of alkyl halides is 1. The van der Waals surface area contributed by atoms with Crippen molar-refractivity contribution in [1.82, 2.24) is 0 Å². The third-order valence-electron chi connectivity index (χ3n) is 6.20. The molecule has 3 aliphatic rings. The smallest absolute Gasteiger partial charge is 0.310 e. The van der Waals surface area contributed by atoms with Crippen molar-refractivity contribution in [2.75, 3.05) is 5.32 Å². The highest BCUT2D eigenvalue weighted by atomic mass is 79.9. The lowest BCUT2D eigenvalue weighted by molar-refractivity contribution is -0.145. The Morgan fingerprint density at radius 3 is 2.61 bits per heavy atom. The Morgan fingerprint density at radius 2 is 1.86 bits per heavy atom. The Bertz CT molecular complexity index is 901. The van der Waals surface area contributed by atoms with E-state index in [2.05, 4.69) is 21.2 Å². The lowest BCUT2D eigenvalue weighted by Crippen LogP contribution is -2.40. The van der Waals surface area contributed by atoms with Crippen LogP contribution in [-0.2, 0) is 20.9 Å². The summed E-state index contributed by atoms with van der Waals surface area (Å²) in [5, 5.41) is 2.97. The molecule has 1 saturated heterocycles. The highest BCUT2D eigenvalue weighted by molar-refractivity contribution is 9.09. The van der Waals surface area contributed by atoms with E-state index in [1.54, 1.807) is 0 Å². The number of nitrogens with one attached hydrogen (secondary N) is 1. The topological polar surface area (TPSA) is 64.6 Å². The highest BCUT2D eigenvalue weighted by Crippen LogP contribution is 2.60. The van der Waals surface area contributed by atoms with Gasteiger partial charge in [0.25, 0.3) is 0 Å². The summed E-state index contributed by atoms with van der Waals surface area (Å²) < 4.78 is 11.3. The summed E-state index contributed by atoms with van der Waals surface area (Å²) in [5.41, 5.74) is 1.80. The van der Waals surface area contributed by atoms with Gasteiger partial charge in [0, 0.05) is 11.6 Å². The van der Waals surface area contributed by atoms with Crippen LogP contribution in [0.1, 0.15) is 12.0 Å². The van der Waals surface area contributed by atoms with Crippen LogP contribution in [0.25, 0.3) is 0 Å². The number of carbonyl (C=O) groups is 2. The Morgan fingerprint density at radius 1 is 1.11 bits per heavy atom. The number of carbonyl (C=O) groups excluding carboxylic acids is 2. The van der Waals surface area contributed by atoms with E-state index in [-0.39, 0.29) is 46.5 Å². The quantitative estimate of drug-likeness (QED) is 0.566. The minimum atomic E-state index is -0.324. The van der Waals surface area contributed by atoms with Crippen LogP contribution in [0, 0.1) is 23.7 Å². The largest absolute Gasteiger partial charge is 0.489 e. The lowest BCUT2D eigenvalue weighted by Gasteiger charge is -2.27. The predicted molar refractivity (Wildman–Crippen MR) is 107 cm³/mol. The van der Waals surface area contributed by atoms with Crippen LogP contribution in [0.5, 0.6) is 5.75 Å². The molecular weight excluding hydrogens is 422 g/mol. The molecule has 1 heterocycles. The monoisotopic (exact) mass is 441 g/mol. The third kappa shape index (κ3) is 2.91. The maximum Gasteiger partial charge on any atom is 0.310 e. The molecule has 6 heteroatoms. The number of halogens is 1. The van der Waals surface area contributed by atoms with Crippen LogP contribution in [0.4, 0.5) is 5.69 Å². The van der Waals surface area contributed by atoms with Crippen molar-refractivity contribution < 1.29 is 19.1 Å². The molecule has 3 fully saturated rings. The first-order valence-corrected chi connectivity index (χ1v) is 10.5. The van der Waals surface area contributed by atoms with Gasteiger partial charge in [-0.1, -0.05) is 46.3 Å². The lowest BCUT2D eigenvalue weighted by atomic mass is 9.79. The van der Waals surface area contributed by atoms with Crippen LogP contribution in [0.2, 0.25) is 0 Å². The Labute approximate surface area is 171 Å². The molecule has 2 aromatic rings. The third-order valence-corrected chi connectivity index (χ3v) is 7.40. The molecule has 5 rings (SSSR count). The second-order valence-corrected chi connectivity index (χ2v) is 8.81. The number of fused-ring (bicyclic) bond motifs is 1. The zero-order valence-electron chi connectivity index (χ0n) is 15.1. The minimum Gasteiger partial charge on any atom is -0.489 e. The molecule has 1 N–H and O–H groups in total. The fourth-order valence-corrected chi connectivity index (χ4v) is 5.98. The molecular formula is C22H20BrNO4. The van der Waals surface area contributed by atoms with Crippen molar-refractivity contribution in [3.05, 3.63) is 60.2 Å². The van der Waals surface area contributed by atoms with Crippen molar-refractivity contribution in [3.8, 4) is 5.75 Å². The van der Waals surface area contributed by atoms with E-state index in [0.717, 1.165) is 17.7 Å². The van der Waals surface area contributed by atoms with Crippen molar-refractivity contribution in [1.29, 1.82) is 0 Å². The van der Waals surface area contributed by atoms with Gasteiger partial charge in [-0.25, -0.2) is 0 Å². The standard InChI is InChI=1S/C22H20BrNO4/c23-19-15-10-16-18(22(26)28-20(16)19)17(15)21(25)24-13-6-8-14(9-7-13)27-11-12-4-2-1-3-5-12/h1-9,15-20H,10-11H2,(H,24,25)/t15-,16-,17-,18-,19-,20+/m1/s1. The highest BCUT2D eigenvalue weighted by Gasteiger charge is 2.67. The molecule has 0 radical (unpaired) electrons. The number of esters is 1. The average molecular weight is 442 g/mol. The number of hydrogen-bond donors (Lipinski definition) is 1. The van der Waals surface area contributed by atoms with Gasteiger partial charge < -0.3 is 14.8 Å². The fourth-order valence-electron chi connectivity index (χ4n) is 4.93. The van der Waals surface area contributed by atoms with Crippen LogP contribution in [0.3, 0.4) is 0 Å². The van der Waals surface area contributed by atoms with Gasteiger partial charge in [-0.2, -0.15) is 0 Å². The molecule has 2 aliphatic carbocycles. The van der Waals surface area contributed by atoms with Crippen LogP contribution < -0.4 is 10.1 Å². The summed E-state index contributed by atoms with van der Waals surface area (Å²) in [6.07, 6.45) is 0.814. The predicted octanol–water partition coefficient (Wildman–Crippen LogP) is 3.78. The number of benzene rings is 2. The van der Waals surface area contributed by atoms with Crippen molar-refractivity contribution in [2.45, 2.75) is 24.0 Å². The van der Waals surface area contributed by atoms with E-state index in [4.69, 9.17) is 9.47 Å². The maximum absolute atomic E-state index is 12.9. The molecule has 1 aliphatic heterocycles. The van der Waals surface area contributed by atoms with Crippen molar-refractivity contribution in [3.63, 3.8) is 0 Å². The molecule has 2 saturated carbocycles. The molecule has 0 spiro atoms. The van der Waals surface area contributed by atoms with Gasteiger partial charge in [-0.3, -0.25) is 9.59 Å². The van der Waals surface area contributed by atoms with Gasteiger partial charge in [-0.05, 0) is 42.2 Å². The van der Waals surface area contributed by atoms with Crippen LogP contribution in [0.15, 0.2) is 54.6 Å². The molecule has 28 heavy (non-hydrogen) atoms. The molecule has 144 valence electrons. The van der Waals surface area contributed by atoms with Crippen LogP contribution >= 0.6 is 15.9 Å². The normalized spacial score (nSPS) is 32.2. The van der Waals surface area contributed by atoms with Gasteiger partial charge in [0.2, 0.25) is 5.91 Å². The number of ether oxygens (including phenoxy) is 2. The summed E-state index contributed by atoms with van der Waals surface area (Å²) in [4.78, 5) is 25.2. The number of rotatable bonds is 5. The zero-order chi connectivity index (χ0) is 19.3. The SMILES string of the molecule is O=C(Nc1ccc(OCc2ccccc2)cc1)[C@@H]1[C@H]2C[C@H]3[C@H](OC(=O)[C@H]31)[C@@H]2Br. The van der Waals surface area contributed by atoms with E-state index in [1.165, 1.54) is 0 Å². The van der Waals surface area contributed by atoms with Gasteiger partial charge in [-0.15, -0.1) is 0 Å². The van der Waals surface area contributed by atoms with Crippen molar-refractivity contribution >= 4 is 33.5 Å². The van der Waals surface area contributed by atoms with Gasteiger partial charge >= 0.3 is 5.97 Å². The number of hydrogen-bond acceptors (Lipinski definition) is 4. The first-order chi connectivity index (χ1) is 13.6. The maximum atomic E-state index is 12.9. The molecule has 0 aromatic heterocycles. The molecule has 6 atom stereocenters. The first-order valence-electron chi connectivity index (χ1n) is 9.54. The van der Waals surface area contributed by atoms with Gasteiger partial charge in [0.1, 0.15) is 18.5 Å². The molecule has 1 amide bonds. The van der Waals surface area contributed by atoms with E-state index in [1.807, 2.05) is 54.6 Å². The van der Waals surface area contributed by atoms with E-state index in [9.17, 15) is 9.59 Å². The summed E-state index contributed by atoms with van der Waals surface area (Å²) in [5.74, 6) is 0.129. The first kappa shape index (κ1) is 17.7. The van der Waals surface area contributed by atoms with Crippen molar-refractivity contribution in [2.24, 2.45) is 23.7 Å². The van der Waals surface area contributed by atoms with Crippen LogP contribution in [-0.4, -0.2) is 22.8 Å². The zero-order valence-corrected chi connectivity index (χ0v) is 16.7. The number of anilines is 1. The molecule has 2 aromatic carbocycles. The number of amides is 1. The Balaban J connectivity index is 1.23. The van der Waals surface area contributed by atoms with E-state index in [0.29, 0.717) is 12.3 Å². The van der Waals surface area contributed by atoms with Gasteiger partial charge in [0.15, 0.2) is 0 Å². The second kappa shape index (κ2) is 6.92. The average Bonchev–Trinajstić information content (AvgIpc) is 3.32. The fraction of sp³-hybridized carbons (Fsp3) is 0.364. The Hall–Kier alpha value is -2.34. The molecule has 2 bridgehead atoms. The summed E-state index contributed by atoms with van der Waals surface area (Å²) >= 11 is 3.64.